The molecule has 2 aliphatic carbocycles. The number of para-hydroxylation sites is 4. The highest BCUT2D eigenvalue weighted by atomic mass is 16.5. The van der Waals surface area contributed by atoms with Gasteiger partial charge < -0.3 is 19.3 Å². The Labute approximate surface area is 408 Å². The summed E-state index contributed by atoms with van der Waals surface area (Å²) < 4.78 is 13.8. The number of benzene rings is 11. The first kappa shape index (κ1) is 39.9. The first-order valence-electron chi connectivity index (χ1n) is 25.3. The molecule has 15 rings (SSSR count). The molecule has 0 unspecified atom stereocenters. The van der Waals surface area contributed by atoms with Gasteiger partial charge >= 0.3 is 0 Å². The van der Waals surface area contributed by atoms with Crippen LogP contribution in [0, 0.1) is 0 Å². The summed E-state index contributed by atoms with van der Waals surface area (Å²) in [5.41, 5.74) is 17.2. The zero-order chi connectivity index (χ0) is 46.6. The maximum atomic E-state index is 6.89. The van der Waals surface area contributed by atoms with E-state index in [1.54, 1.807) is 0 Å². The smallest absolute Gasteiger partial charge is 0.152 e. The van der Waals surface area contributed by atoms with Gasteiger partial charge in [0.05, 0.1) is 34.1 Å². The molecule has 0 saturated heterocycles. The fraction of sp³-hybridized carbons (Fsp3) is 0.152. The van der Waals surface area contributed by atoms with Crippen LogP contribution in [-0.4, -0.2) is 0 Å². The zero-order valence-corrected chi connectivity index (χ0v) is 39.9. The van der Waals surface area contributed by atoms with Gasteiger partial charge in [-0.25, -0.2) is 0 Å². The summed E-state index contributed by atoms with van der Waals surface area (Å²) in [7, 11) is 0. The van der Waals surface area contributed by atoms with E-state index in [0.717, 1.165) is 82.8 Å². The molecule has 0 aromatic heterocycles. The molecule has 2 heterocycles. The summed E-state index contributed by atoms with van der Waals surface area (Å²) in [5.74, 6) is 3.48. The first-order valence-corrected chi connectivity index (χ1v) is 25.3. The number of fused-ring (bicyclic) bond motifs is 12. The molecule has 4 aliphatic rings. The molecule has 0 spiro atoms. The van der Waals surface area contributed by atoms with Crippen molar-refractivity contribution in [1.29, 1.82) is 0 Å². The van der Waals surface area contributed by atoms with Gasteiger partial charge in [0.1, 0.15) is 0 Å². The molecule has 0 amide bonds. The lowest BCUT2D eigenvalue weighted by Crippen LogP contribution is -2.24. The maximum Gasteiger partial charge on any atom is 0.152 e. The van der Waals surface area contributed by atoms with Crippen LogP contribution in [-0.2, 0) is 10.8 Å². The van der Waals surface area contributed by atoms with Crippen LogP contribution >= 0.6 is 0 Å². The highest BCUT2D eigenvalue weighted by Crippen LogP contribution is 2.62. The van der Waals surface area contributed by atoms with Crippen molar-refractivity contribution in [2.24, 2.45) is 0 Å². The minimum Gasteiger partial charge on any atom is -0.453 e. The van der Waals surface area contributed by atoms with Crippen molar-refractivity contribution in [3.05, 3.63) is 204 Å². The summed E-state index contributed by atoms with van der Waals surface area (Å²) in [6.45, 7) is 9.38. The second-order valence-electron chi connectivity index (χ2n) is 19.9. The van der Waals surface area contributed by atoms with E-state index in [0.29, 0.717) is 0 Å². The third-order valence-corrected chi connectivity index (χ3v) is 17.3. The lowest BCUT2D eigenvalue weighted by Gasteiger charge is -2.36. The van der Waals surface area contributed by atoms with E-state index in [1.165, 1.54) is 87.6 Å². The molecule has 0 N–H and O–H groups in total. The topological polar surface area (TPSA) is 24.9 Å². The Morgan fingerprint density at radius 2 is 0.686 bits per heavy atom. The number of ether oxygens (including phenoxy) is 2. The average molecular weight is 903 g/mol. The fourth-order valence-electron chi connectivity index (χ4n) is 14.0. The molecular formula is C66H50N2O2. The number of nitrogens with zero attached hydrogens (tertiary/aromatic N) is 2. The van der Waals surface area contributed by atoms with Gasteiger partial charge in [0.2, 0.25) is 0 Å². The van der Waals surface area contributed by atoms with Gasteiger partial charge in [0.15, 0.2) is 23.0 Å². The van der Waals surface area contributed by atoms with Crippen molar-refractivity contribution in [1.82, 2.24) is 0 Å². The molecule has 2 aliphatic heterocycles. The van der Waals surface area contributed by atoms with Crippen molar-refractivity contribution < 1.29 is 9.47 Å². The van der Waals surface area contributed by atoms with E-state index in [2.05, 4.69) is 219 Å². The second-order valence-corrected chi connectivity index (χ2v) is 19.9. The molecule has 11 aromatic rings. The van der Waals surface area contributed by atoms with Crippen molar-refractivity contribution in [2.45, 2.75) is 64.2 Å². The molecule has 0 atom stereocenters. The highest BCUT2D eigenvalue weighted by Gasteiger charge is 2.44. The van der Waals surface area contributed by atoms with Crippen LogP contribution in [0.25, 0.3) is 65.3 Å². The van der Waals surface area contributed by atoms with E-state index in [9.17, 15) is 0 Å². The largest absolute Gasteiger partial charge is 0.453 e. The lowest BCUT2D eigenvalue weighted by molar-refractivity contribution is 0.472. The van der Waals surface area contributed by atoms with Gasteiger partial charge in [-0.15, -0.1) is 0 Å². The first-order chi connectivity index (χ1) is 34.5. The van der Waals surface area contributed by atoms with Crippen LogP contribution in [0.1, 0.15) is 75.6 Å². The summed E-state index contributed by atoms with van der Waals surface area (Å²) in [6, 6.07) is 67.9. The molecule has 0 radical (unpaired) electrons. The standard InChI is InChI=1S/C66H50N2O2/c1-5-65(6-2)49-25-11-9-19-39(49)47-35-61-57(37-51(47)65)67(55-27-13-15-29-59(55)69-61)53-33-31-43-42-22-18-24-46-54(34-32-44(64(42)46)41-21-17-23-45(53)63(41)43)68-56-28-14-16-30-60(56)70-62-36-48-40-20-10-12-26-50(40)66(7-3,8-4)52(48)38-58(62)68/h9-38H,5-8H2,1-4H3. The predicted octanol–water partition coefficient (Wildman–Crippen LogP) is 19.1. The zero-order valence-electron chi connectivity index (χ0n) is 39.9. The summed E-state index contributed by atoms with van der Waals surface area (Å²) in [4.78, 5) is 4.95. The van der Waals surface area contributed by atoms with Crippen LogP contribution < -0.4 is 19.3 Å². The van der Waals surface area contributed by atoms with Gasteiger partial charge in [-0.3, -0.25) is 0 Å². The van der Waals surface area contributed by atoms with Crippen molar-refractivity contribution in [3.8, 4) is 45.3 Å². The van der Waals surface area contributed by atoms with E-state index in [1.807, 2.05) is 0 Å². The van der Waals surface area contributed by atoms with Gasteiger partial charge in [0.25, 0.3) is 0 Å². The monoisotopic (exact) mass is 902 g/mol. The van der Waals surface area contributed by atoms with E-state index in [4.69, 9.17) is 9.47 Å². The number of hydrogen-bond donors (Lipinski definition) is 0. The van der Waals surface area contributed by atoms with Crippen LogP contribution in [0.5, 0.6) is 23.0 Å². The summed E-state index contributed by atoms with van der Waals surface area (Å²) in [5, 5.41) is 9.98. The number of anilines is 6. The Morgan fingerprint density at radius 1 is 0.300 bits per heavy atom. The van der Waals surface area contributed by atoms with Gasteiger partial charge in [-0.2, -0.15) is 0 Å². The van der Waals surface area contributed by atoms with E-state index < -0.39 is 0 Å². The fourth-order valence-corrected chi connectivity index (χ4v) is 14.0. The van der Waals surface area contributed by atoms with Crippen LogP contribution in [0.4, 0.5) is 34.1 Å². The van der Waals surface area contributed by atoms with Crippen molar-refractivity contribution >= 4 is 77.2 Å². The second kappa shape index (κ2) is 14.2. The molecule has 0 fully saturated rings. The Morgan fingerprint density at radius 3 is 1.13 bits per heavy atom. The van der Waals surface area contributed by atoms with Gasteiger partial charge in [-0.1, -0.05) is 149 Å². The third-order valence-electron chi connectivity index (χ3n) is 17.3. The quantitative estimate of drug-likeness (QED) is 0.123. The molecule has 11 aromatic carbocycles. The Bertz CT molecular complexity index is 3760. The average Bonchev–Trinajstić information content (AvgIpc) is 3.85. The normalized spacial score (nSPS) is 15.2. The Hall–Kier alpha value is -8.08. The molecule has 4 nitrogen and oxygen atoms in total. The van der Waals surface area contributed by atoms with Crippen LogP contribution in [0.3, 0.4) is 0 Å². The van der Waals surface area contributed by atoms with Gasteiger partial charge in [-0.05, 0) is 163 Å². The van der Waals surface area contributed by atoms with Crippen molar-refractivity contribution in [3.63, 3.8) is 0 Å². The molecule has 0 bridgehead atoms. The maximum absolute atomic E-state index is 6.89. The number of hydrogen-bond acceptors (Lipinski definition) is 4. The predicted molar refractivity (Wildman–Crippen MR) is 291 cm³/mol. The minimum absolute atomic E-state index is 0.0718. The van der Waals surface area contributed by atoms with Crippen LogP contribution in [0.15, 0.2) is 182 Å². The van der Waals surface area contributed by atoms with E-state index >= 15 is 0 Å². The Kier molecular flexibility index (Phi) is 8.11. The minimum atomic E-state index is -0.0718. The highest BCUT2D eigenvalue weighted by molar-refractivity contribution is 6.35. The molecular weight excluding hydrogens is 853 g/mol. The SMILES string of the molecule is CCC1(CC)c2ccccc2-c2cc3c(cc21)N(c1ccc2c4cccc5c(N6c7ccccc7Oc7cc8c(cc76)C(CC)(CC)c6ccccc6-8)ccc(c6cccc1c62)c54)c1ccccc1O3. The van der Waals surface area contributed by atoms with E-state index in [-0.39, 0.29) is 10.8 Å². The molecule has 4 heteroatoms. The van der Waals surface area contributed by atoms with Crippen molar-refractivity contribution in [2.75, 3.05) is 9.80 Å². The van der Waals surface area contributed by atoms with Crippen LogP contribution in [0.2, 0.25) is 0 Å². The summed E-state index contributed by atoms with van der Waals surface area (Å²) in [6.07, 6.45) is 4.10. The van der Waals surface area contributed by atoms with Gasteiger partial charge in [0, 0.05) is 21.6 Å². The molecule has 0 saturated carbocycles. The number of rotatable bonds is 6. The molecule has 336 valence electrons. The third kappa shape index (κ3) is 4.91. The molecule has 70 heavy (non-hydrogen) atoms. The Balaban J connectivity index is 0.948. The summed E-state index contributed by atoms with van der Waals surface area (Å²) >= 11 is 0. The lowest BCUT2D eigenvalue weighted by atomic mass is 9.73.